The van der Waals surface area contributed by atoms with Crippen LogP contribution in [0.4, 0.5) is 0 Å². The van der Waals surface area contributed by atoms with Gasteiger partial charge in [0.05, 0.1) is 0 Å². The maximum Gasteiger partial charge on any atom is 0.242 e. The summed E-state index contributed by atoms with van der Waals surface area (Å²) in [5, 5.41) is 0.288. The van der Waals surface area contributed by atoms with Crippen molar-refractivity contribution >= 4 is 28.9 Å². The minimum Gasteiger partial charge on any atom is -0.338 e. The normalized spacial score (nSPS) is 13.2. The molecule has 0 aliphatic heterocycles. The summed E-state index contributed by atoms with van der Waals surface area (Å²) in [4.78, 5) is 18.5. The molecule has 0 amide bonds. The van der Waals surface area contributed by atoms with Crippen LogP contribution in [0.5, 0.6) is 0 Å². The minimum absolute atomic E-state index is 0.288. The van der Waals surface area contributed by atoms with Gasteiger partial charge in [-0.05, 0) is 36.5 Å². The summed E-state index contributed by atoms with van der Waals surface area (Å²) in [6, 6.07) is 0. The molecule has 0 aliphatic rings. The monoisotopic (exact) mass is 256 g/mol. The molecule has 0 saturated carbocycles. The first-order valence-corrected chi connectivity index (χ1v) is 9.14. The summed E-state index contributed by atoms with van der Waals surface area (Å²) in [7, 11) is 0. The Bertz CT molecular complexity index is 191. The summed E-state index contributed by atoms with van der Waals surface area (Å²) in [6.07, 6.45) is 2.00. The number of rotatable bonds is 6. The molecule has 0 heterocycles. The molecule has 2 N–H and O–H groups in total. The van der Waals surface area contributed by atoms with Crippen LogP contribution < -0.4 is 0 Å². The first-order valence-electron chi connectivity index (χ1n) is 4.94. The Hall–Kier alpha value is 0.920. The van der Waals surface area contributed by atoms with Crippen molar-refractivity contribution in [2.75, 3.05) is 0 Å². The molecule has 2 nitrogen and oxygen atoms in total. The molecule has 86 valence electrons. The molecular formula is C9H21O2PS2. The predicted octanol–water partition coefficient (Wildman–Crippen LogP) is 3.39. The zero-order valence-electron chi connectivity index (χ0n) is 9.30. The Balaban J connectivity index is 4.18. The third kappa shape index (κ3) is 9.47. The molecule has 0 unspecified atom stereocenters. The lowest BCUT2D eigenvalue weighted by Gasteiger charge is -2.21. The maximum atomic E-state index is 9.26. The Morgan fingerprint density at radius 2 is 1.43 bits per heavy atom. The second-order valence-corrected chi connectivity index (χ2v) is 10.7. The zero-order valence-corrected chi connectivity index (χ0v) is 11.8. The van der Waals surface area contributed by atoms with E-state index in [9.17, 15) is 9.79 Å². The van der Waals surface area contributed by atoms with Gasteiger partial charge in [0.15, 0.2) is 0 Å². The number of hydrogen-bond donors (Lipinski definition) is 2. The Labute approximate surface area is 96.4 Å². The summed E-state index contributed by atoms with van der Waals surface area (Å²) in [6.45, 7) is 8.58. The van der Waals surface area contributed by atoms with Crippen molar-refractivity contribution in [3.8, 4) is 0 Å². The lowest BCUT2D eigenvalue weighted by Crippen LogP contribution is -2.09. The second-order valence-electron chi connectivity index (χ2n) is 4.48. The molecular weight excluding hydrogens is 235 g/mol. The van der Waals surface area contributed by atoms with Gasteiger partial charge in [-0.2, -0.15) is 0 Å². The van der Waals surface area contributed by atoms with E-state index < -0.39 is 5.69 Å². The second kappa shape index (κ2) is 6.49. The van der Waals surface area contributed by atoms with Gasteiger partial charge in [0.25, 0.3) is 0 Å². The fourth-order valence-corrected chi connectivity index (χ4v) is 5.54. The van der Waals surface area contributed by atoms with E-state index in [0.717, 1.165) is 12.8 Å². The van der Waals surface area contributed by atoms with E-state index in [2.05, 4.69) is 39.5 Å². The van der Waals surface area contributed by atoms with Gasteiger partial charge in [-0.15, -0.1) is 0 Å². The van der Waals surface area contributed by atoms with Gasteiger partial charge in [-0.25, -0.2) is 0 Å². The van der Waals surface area contributed by atoms with Crippen LogP contribution in [0.3, 0.4) is 0 Å². The van der Waals surface area contributed by atoms with E-state index in [-0.39, 0.29) is 5.25 Å². The van der Waals surface area contributed by atoms with Crippen LogP contribution in [-0.2, 0) is 11.8 Å². The third-order valence-electron chi connectivity index (χ3n) is 1.75. The van der Waals surface area contributed by atoms with Crippen molar-refractivity contribution in [3.63, 3.8) is 0 Å². The minimum atomic E-state index is -3.08. The Morgan fingerprint density at radius 3 is 1.64 bits per heavy atom. The highest BCUT2D eigenvalue weighted by atomic mass is 32.9. The van der Waals surface area contributed by atoms with Crippen LogP contribution in [-0.4, -0.2) is 15.0 Å². The summed E-state index contributed by atoms with van der Waals surface area (Å²) in [5.41, 5.74) is -3.08. The van der Waals surface area contributed by atoms with Gasteiger partial charge in [0, 0.05) is 5.25 Å². The van der Waals surface area contributed by atoms with Crippen LogP contribution in [0.25, 0.3) is 0 Å². The highest BCUT2D eigenvalue weighted by Gasteiger charge is 2.20. The zero-order chi connectivity index (χ0) is 11.4. The maximum absolute atomic E-state index is 9.26. The van der Waals surface area contributed by atoms with Crippen LogP contribution in [0.2, 0.25) is 0 Å². The molecule has 0 aromatic heterocycles. The fraction of sp³-hybridized carbons (Fsp3) is 1.00. The molecule has 0 atom stereocenters. The first kappa shape index (κ1) is 14.9. The molecule has 0 aromatic rings. The molecule has 14 heavy (non-hydrogen) atoms. The molecule has 0 aliphatic carbocycles. The molecule has 0 radical (unpaired) electrons. The molecule has 0 spiro atoms. The van der Waals surface area contributed by atoms with E-state index in [1.54, 1.807) is 0 Å². The van der Waals surface area contributed by atoms with E-state index >= 15 is 0 Å². The van der Waals surface area contributed by atoms with Gasteiger partial charge >= 0.3 is 0 Å². The van der Waals surface area contributed by atoms with E-state index in [4.69, 9.17) is 0 Å². The topological polar surface area (TPSA) is 40.5 Å². The van der Waals surface area contributed by atoms with Crippen molar-refractivity contribution in [1.29, 1.82) is 0 Å². The Kier molecular flexibility index (Phi) is 6.92. The third-order valence-corrected chi connectivity index (χ3v) is 5.21. The van der Waals surface area contributed by atoms with Gasteiger partial charge in [-0.3, -0.25) is 0 Å². The van der Waals surface area contributed by atoms with Crippen molar-refractivity contribution in [2.45, 2.75) is 45.8 Å². The summed E-state index contributed by atoms with van der Waals surface area (Å²) < 4.78 is 0. The molecule has 5 heteroatoms. The number of hydrogen-bond acceptors (Lipinski definition) is 2. The quantitative estimate of drug-likeness (QED) is 0.715. The van der Waals surface area contributed by atoms with Crippen molar-refractivity contribution in [1.82, 2.24) is 0 Å². The molecule has 0 saturated heterocycles. The molecule has 0 rings (SSSR count). The van der Waals surface area contributed by atoms with Crippen LogP contribution in [0.1, 0.15) is 40.5 Å². The average molecular weight is 256 g/mol. The van der Waals surface area contributed by atoms with Gasteiger partial charge in [0.2, 0.25) is 5.69 Å². The van der Waals surface area contributed by atoms with Crippen molar-refractivity contribution in [3.05, 3.63) is 0 Å². The van der Waals surface area contributed by atoms with Crippen LogP contribution >= 0.6 is 17.1 Å². The Morgan fingerprint density at radius 1 is 1.07 bits per heavy atom. The van der Waals surface area contributed by atoms with Crippen LogP contribution in [0.15, 0.2) is 0 Å². The van der Waals surface area contributed by atoms with Crippen molar-refractivity contribution < 1.29 is 9.79 Å². The SMILES string of the molecule is CC(C)CC(CC(C)C)SP(O)(O)=S. The van der Waals surface area contributed by atoms with Gasteiger partial charge < -0.3 is 9.79 Å². The lowest BCUT2D eigenvalue weighted by molar-refractivity contribution is 0.485. The van der Waals surface area contributed by atoms with Crippen molar-refractivity contribution in [2.24, 2.45) is 11.8 Å². The highest BCUT2D eigenvalue weighted by Crippen LogP contribution is 2.55. The smallest absolute Gasteiger partial charge is 0.242 e. The van der Waals surface area contributed by atoms with Gasteiger partial charge in [-0.1, -0.05) is 39.1 Å². The van der Waals surface area contributed by atoms with E-state index in [1.165, 1.54) is 11.4 Å². The molecule has 0 aromatic carbocycles. The fourth-order valence-electron chi connectivity index (χ4n) is 1.43. The standard InChI is InChI=1S/C9H21O2PS2/c1-7(2)5-9(6-8(3)4)14-12(10,11)13/h7-9H,5-6H2,1-4H3,(H2,10,11,13). The average Bonchev–Trinajstić information content (AvgIpc) is 1.77. The van der Waals surface area contributed by atoms with E-state index in [1.807, 2.05) is 0 Å². The lowest BCUT2D eigenvalue weighted by atomic mass is 10.0. The predicted molar refractivity (Wildman–Crippen MR) is 69.0 cm³/mol. The summed E-state index contributed by atoms with van der Waals surface area (Å²) in [5.74, 6) is 1.15. The highest BCUT2D eigenvalue weighted by molar-refractivity contribution is 8.67. The van der Waals surface area contributed by atoms with Crippen LogP contribution in [0, 0.1) is 11.8 Å². The molecule has 0 fully saturated rings. The molecule has 0 bridgehead atoms. The van der Waals surface area contributed by atoms with Gasteiger partial charge in [0.1, 0.15) is 0 Å². The largest absolute Gasteiger partial charge is 0.338 e. The summed E-state index contributed by atoms with van der Waals surface area (Å²) >= 11 is 5.85. The van der Waals surface area contributed by atoms with E-state index in [0.29, 0.717) is 11.8 Å². The first-order chi connectivity index (χ1) is 6.20.